The fourth-order valence-electron chi connectivity index (χ4n) is 2.11. The van der Waals surface area contributed by atoms with Crippen LogP contribution in [0.2, 0.25) is 0 Å². The number of rotatable bonds is 4. The van der Waals surface area contributed by atoms with Crippen molar-refractivity contribution < 1.29 is 5.11 Å². The van der Waals surface area contributed by atoms with Gasteiger partial charge in [0, 0.05) is 6.04 Å². The number of aromatic hydroxyl groups is 1. The van der Waals surface area contributed by atoms with E-state index in [0.29, 0.717) is 5.75 Å². The summed E-state index contributed by atoms with van der Waals surface area (Å²) in [5, 5.41) is 9.44. The molecule has 2 nitrogen and oxygen atoms in total. The molecule has 0 unspecified atom stereocenters. The van der Waals surface area contributed by atoms with E-state index >= 15 is 0 Å². The van der Waals surface area contributed by atoms with Gasteiger partial charge < -0.3 is 10.8 Å². The highest BCUT2D eigenvalue weighted by atomic mass is 35.5. The predicted molar refractivity (Wildman–Crippen MR) is 71.3 cm³/mol. The molecule has 0 radical (unpaired) electrons. The van der Waals surface area contributed by atoms with Crippen molar-refractivity contribution in [2.75, 3.05) is 0 Å². The summed E-state index contributed by atoms with van der Waals surface area (Å²) in [5.41, 5.74) is 9.53. The van der Waals surface area contributed by atoms with Crippen LogP contribution >= 0.6 is 12.4 Å². The summed E-state index contributed by atoms with van der Waals surface area (Å²) in [4.78, 5) is 0. The molecule has 0 spiro atoms. The Bertz CT molecular complexity index is 316. The van der Waals surface area contributed by atoms with Crippen LogP contribution in [0.25, 0.3) is 0 Å². The second-order valence-corrected chi connectivity index (χ2v) is 4.24. The number of hydrogen-bond acceptors (Lipinski definition) is 2. The van der Waals surface area contributed by atoms with Crippen LogP contribution in [0.4, 0.5) is 0 Å². The van der Waals surface area contributed by atoms with Crippen molar-refractivity contribution in [1.29, 1.82) is 0 Å². The van der Waals surface area contributed by atoms with E-state index in [-0.39, 0.29) is 18.4 Å². The number of benzene rings is 1. The third-order valence-corrected chi connectivity index (χ3v) is 2.82. The van der Waals surface area contributed by atoms with Crippen LogP contribution in [-0.2, 0) is 0 Å². The largest absolute Gasteiger partial charge is 0.508 e. The summed E-state index contributed by atoms with van der Waals surface area (Å²) in [6.07, 6.45) is 3.34. The minimum Gasteiger partial charge on any atom is -0.508 e. The molecule has 0 aliphatic heterocycles. The van der Waals surface area contributed by atoms with Crippen molar-refractivity contribution in [1.82, 2.24) is 0 Å². The zero-order valence-electron chi connectivity index (χ0n) is 10.3. The standard InChI is InChI=1S/C13H21NO.ClH/c1-4-5-6-12(14)13-9(2)7-11(15)8-10(13)3;/h7-8,12,15H,4-6,14H2,1-3H3;1H/t12-;/m1./s1. The first kappa shape index (κ1) is 15.3. The zero-order valence-corrected chi connectivity index (χ0v) is 11.1. The van der Waals surface area contributed by atoms with Crippen LogP contribution < -0.4 is 5.73 Å². The number of aryl methyl sites for hydroxylation is 2. The quantitative estimate of drug-likeness (QED) is 0.849. The van der Waals surface area contributed by atoms with Crippen molar-refractivity contribution in [3.63, 3.8) is 0 Å². The minimum atomic E-state index is 0. The number of halogens is 1. The van der Waals surface area contributed by atoms with E-state index in [4.69, 9.17) is 5.73 Å². The van der Waals surface area contributed by atoms with Crippen LogP contribution in [0.15, 0.2) is 12.1 Å². The number of hydrogen-bond donors (Lipinski definition) is 2. The highest BCUT2D eigenvalue weighted by Gasteiger charge is 2.12. The number of unbranched alkanes of at least 4 members (excludes halogenated alkanes) is 1. The summed E-state index contributed by atoms with van der Waals surface area (Å²) >= 11 is 0. The average molecular weight is 244 g/mol. The summed E-state index contributed by atoms with van der Waals surface area (Å²) in [7, 11) is 0. The second kappa shape index (κ2) is 6.77. The molecule has 0 saturated carbocycles. The van der Waals surface area contributed by atoms with Gasteiger partial charge in [-0.2, -0.15) is 0 Å². The normalized spacial score (nSPS) is 12.0. The molecule has 0 saturated heterocycles. The SMILES string of the molecule is CCCC[C@@H](N)c1c(C)cc(O)cc1C.Cl. The molecule has 16 heavy (non-hydrogen) atoms. The van der Waals surface area contributed by atoms with Gasteiger partial charge in [-0.05, 0) is 49.1 Å². The topological polar surface area (TPSA) is 46.2 Å². The van der Waals surface area contributed by atoms with Gasteiger partial charge in [0.05, 0.1) is 0 Å². The first-order valence-electron chi connectivity index (χ1n) is 5.62. The van der Waals surface area contributed by atoms with Crippen molar-refractivity contribution in [3.05, 3.63) is 28.8 Å². The summed E-state index contributed by atoms with van der Waals surface area (Å²) < 4.78 is 0. The molecule has 1 rings (SSSR count). The van der Waals surface area contributed by atoms with Crippen LogP contribution in [0, 0.1) is 13.8 Å². The Hall–Kier alpha value is -0.730. The number of phenolic OH excluding ortho intramolecular Hbond substituents is 1. The van der Waals surface area contributed by atoms with Gasteiger partial charge in [0.15, 0.2) is 0 Å². The summed E-state index contributed by atoms with van der Waals surface area (Å²) in [6.45, 7) is 6.19. The van der Waals surface area contributed by atoms with E-state index in [9.17, 15) is 5.11 Å². The molecule has 92 valence electrons. The summed E-state index contributed by atoms with van der Waals surface area (Å²) in [6, 6.07) is 3.67. The first-order valence-corrected chi connectivity index (χ1v) is 5.62. The maximum Gasteiger partial charge on any atom is 0.116 e. The Morgan fingerprint density at radius 1 is 1.25 bits per heavy atom. The third-order valence-electron chi connectivity index (χ3n) is 2.82. The molecule has 1 aromatic rings. The Kier molecular flexibility index (Phi) is 6.46. The maximum atomic E-state index is 9.44. The Balaban J connectivity index is 0.00000225. The molecule has 0 heterocycles. The van der Waals surface area contributed by atoms with Gasteiger partial charge in [-0.25, -0.2) is 0 Å². The highest BCUT2D eigenvalue weighted by Crippen LogP contribution is 2.27. The van der Waals surface area contributed by atoms with E-state index < -0.39 is 0 Å². The lowest BCUT2D eigenvalue weighted by Gasteiger charge is -2.17. The van der Waals surface area contributed by atoms with Gasteiger partial charge >= 0.3 is 0 Å². The molecule has 3 N–H and O–H groups in total. The molecular weight excluding hydrogens is 222 g/mol. The van der Waals surface area contributed by atoms with Gasteiger partial charge in [-0.3, -0.25) is 0 Å². The van der Waals surface area contributed by atoms with Crippen molar-refractivity contribution in [2.24, 2.45) is 5.73 Å². The molecule has 0 aromatic heterocycles. The van der Waals surface area contributed by atoms with Crippen LogP contribution in [0.5, 0.6) is 5.75 Å². The fraction of sp³-hybridized carbons (Fsp3) is 0.538. The monoisotopic (exact) mass is 243 g/mol. The van der Waals surface area contributed by atoms with Crippen molar-refractivity contribution in [3.8, 4) is 5.75 Å². The van der Waals surface area contributed by atoms with Crippen molar-refractivity contribution in [2.45, 2.75) is 46.1 Å². The number of phenols is 1. The zero-order chi connectivity index (χ0) is 11.4. The Morgan fingerprint density at radius 2 is 1.75 bits per heavy atom. The van der Waals surface area contributed by atoms with E-state index in [1.807, 2.05) is 13.8 Å². The lowest BCUT2D eigenvalue weighted by atomic mass is 9.93. The van der Waals surface area contributed by atoms with E-state index in [1.165, 1.54) is 12.0 Å². The fourth-order valence-corrected chi connectivity index (χ4v) is 2.11. The van der Waals surface area contributed by atoms with Gasteiger partial charge in [-0.1, -0.05) is 19.8 Å². The lowest BCUT2D eigenvalue weighted by molar-refractivity contribution is 0.473. The van der Waals surface area contributed by atoms with Crippen LogP contribution in [-0.4, -0.2) is 5.11 Å². The number of nitrogens with two attached hydrogens (primary N) is 1. The molecule has 0 bridgehead atoms. The Morgan fingerprint density at radius 3 is 2.19 bits per heavy atom. The van der Waals surface area contributed by atoms with Gasteiger partial charge in [0.25, 0.3) is 0 Å². The molecular formula is C13H22ClNO. The first-order chi connectivity index (χ1) is 7.06. The lowest BCUT2D eigenvalue weighted by Crippen LogP contribution is -2.13. The average Bonchev–Trinajstić information content (AvgIpc) is 2.12. The molecule has 1 atom stereocenters. The second-order valence-electron chi connectivity index (χ2n) is 4.24. The van der Waals surface area contributed by atoms with Gasteiger partial charge in [0.1, 0.15) is 5.75 Å². The Labute approximate surface area is 104 Å². The molecule has 3 heteroatoms. The molecule has 0 fully saturated rings. The van der Waals surface area contributed by atoms with Gasteiger partial charge in [0.2, 0.25) is 0 Å². The highest BCUT2D eigenvalue weighted by molar-refractivity contribution is 5.85. The minimum absolute atomic E-state index is 0. The van der Waals surface area contributed by atoms with E-state index in [2.05, 4.69) is 6.92 Å². The van der Waals surface area contributed by atoms with E-state index in [1.54, 1.807) is 12.1 Å². The van der Waals surface area contributed by atoms with Crippen LogP contribution in [0.3, 0.4) is 0 Å². The maximum absolute atomic E-state index is 9.44. The van der Waals surface area contributed by atoms with Gasteiger partial charge in [-0.15, -0.1) is 12.4 Å². The molecule has 1 aromatic carbocycles. The van der Waals surface area contributed by atoms with Crippen molar-refractivity contribution >= 4 is 12.4 Å². The van der Waals surface area contributed by atoms with E-state index in [0.717, 1.165) is 24.0 Å². The van der Waals surface area contributed by atoms with Crippen LogP contribution in [0.1, 0.15) is 48.9 Å². The third kappa shape index (κ3) is 3.69. The predicted octanol–water partition coefficient (Wildman–Crippen LogP) is 3.62. The molecule has 0 aliphatic rings. The smallest absolute Gasteiger partial charge is 0.116 e. The molecule has 0 amide bonds. The molecule has 0 aliphatic carbocycles. The summed E-state index contributed by atoms with van der Waals surface area (Å²) in [5.74, 6) is 0.330.